The fourth-order valence-electron chi connectivity index (χ4n) is 6.23. The summed E-state index contributed by atoms with van der Waals surface area (Å²) >= 11 is 0. The minimum atomic E-state index is -1.83. The van der Waals surface area contributed by atoms with Crippen LogP contribution in [0.15, 0.2) is 66.7 Å². The number of carbonyl (C=O) groups excluding carboxylic acids is 2. The first kappa shape index (κ1) is 44.7. The van der Waals surface area contributed by atoms with Crippen molar-refractivity contribution >= 4 is 24.1 Å². The number of aliphatic hydroxyl groups excluding tert-OH is 4. The molecular weight excluding hydrogens is 780 g/mol. The molecule has 0 aliphatic carbocycles. The lowest BCUT2D eigenvalue weighted by Crippen LogP contribution is -2.65. The van der Waals surface area contributed by atoms with Gasteiger partial charge in [-0.2, -0.15) is 0 Å². The van der Waals surface area contributed by atoms with Crippen LogP contribution in [0.3, 0.4) is 0 Å². The molecule has 0 bridgehead atoms. The first-order valence-electron chi connectivity index (χ1n) is 18.4. The third kappa shape index (κ3) is 11.4. The summed E-state index contributed by atoms with van der Waals surface area (Å²) in [5, 5.41) is 73.2. The van der Waals surface area contributed by atoms with E-state index in [1.165, 1.54) is 82.9 Å². The molecule has 0 aromatic heterocycles. The molecule has 3 aromatic rings. The molecule has 2 heterocycles. The van der Waals surface area contributed by atoms with Crippen LogP contribution in [0.5, 0.6) is 34.5 Å². The number of aliphatic hydroxyl groups is 4. The Morgan fingerprint density at radius 1 is 0.661 bits per heavy atom. The molecule has 320 valence electrons. The van der Waals surface area contributed by atoms with E-state index in [9.17, 15) is 45.3 Å². The van der Waals surface area contributed by atoms with Crippen molar-refractivity contribution in [1.29, 1.82) is 0 Å². The maximum absolute atomic E-state index is 13.4. The summed E-state index contributed by atoms with van der Waals surface area (Å²) in [6.45, 7) is 0.735. The van der Waals surface area contributed by atoms with Crippen LogP contribution in [0, 0.1) is 0 Å². The van der Waals surface area contributed by atoms with Crippen molar-refractivity contribution in [3.8, 4) is 34.5 Å². The van der Waals surface area contributed by atoms with Crippen molar-refractivity contribution in [3.63, 3.8) is 0 Å². The molecule has 10 atom stereocenters. The highest BCUT2D eigenvalue weighted by Crippen LogP contribution is 2.33. The second-order valence-corrected chi connectivity index (χ2v) is 13.5. The van der Waals surface area contributed by atoms with E-state index in [-0.39, 0.29) is 47.5 Å². The number of rotatable bonds is 16. The van der Waals surface area contributed by atoms with Crippen LogP contribution >= 0.6 is 0 Å². The van der Waals surface area contributed by atoms with Crippen LogP contribution in [0.1, 0.15) is 23.6 Å². The van der Waals surface area contributed by atoms with Crippen LogP contribution in [-0.2, 0) is 44.4 Å². The molecule has 18 heteroatoms. The molecule has 0 spiro atoms. The zero-order valence-electron chi connectivity index (χ0n) is 32.5. The van der Waals surface area contributed by atoms with Crippen molar-refractivity contribution in [1.82, 2.24) is 0 Å². The van der Waals surface area contributed by atoms with Gasteiger partial charge in [-0.15, -0.1) is 0 Å². The molecule has 7 N–H and O–H groups in total. The normalized spacial score (nSPS) is 27.1. The molecule has 18 nitrogen and oxygen atoms in total. The number of carbonyl (C=O) groups is 2. The summed E-state index contributed by atoms with van der Waals surface area (Å²) in [6, 6.07) is 13.4. The van der Waals surface area contributed by atoms with Gasteiger partial charge in [0.2, 0.25) is 0 Å². The number of phenols is 3. The highest BCUT2D eigenvalue weighted by atomic mass is 16.7. The van der Waals surface area contributed by atoms with E-state index in [2.05, 4.69) is 0 Å². The van der Waals surface area contributed by atoms with Gasteiger partial charge in [-0.05, 0) is 78.6 Å². The van der Waals surface area contributed by atoms with Gasteiger partial charge in [0, 0.05) is 12.2 Å². The van der Waals surface area contributed by atoms with Crippen molar-refractivity contribution in [2.75, 3.05) is 34.5 Å². The number of ether oxygens (including phenoxy) is 9. The Morgan fingerprint density at radius 3 is 1.81 bits per heavy atom. The maximum atomic E-state index is 13.4. The lowest BCUT2D eigenvalue weighted by Gasteiger charge is -2.46. The molecule has 2 saturated heterocycles. The highest BCUT2D eigenvalue weighted by molar-refractivity contribution is 5.88. The van der Waals surface area contributed by atoms with Crippen LogP contribution in [-0.4, -0.2) is 144 Å². The lowest BCUT2D eigenvalue weighted by molar-refractivity contribution is -0.357. The van der Waals surface area contributed by atoms with E-state index in [0.29, 0.717) is 16.7 Å². The van der Waals surface area contributed by atoms with E-state index >= 15 is 0 Å². The summed E-state index contributed by atoms with van der Waals surface area (Å²) in [7, 11) is 4.12. The van der Waals surface area contributed by atoms with Gasteiger partial charge in [0.15, 0.2) is 53.2 Å². The van der Waals surface area contributed by atoms with Crippen molar-refractivity contribution in [3.05, 3.63) is 83.4 Å². The SMILES string of the molecule is COc1cc(/C=C/C(=O)OC[C@H]2O[C@@H](OCCc3ccc(O)c(OC)c3)[C@H](O)[C@@H](O[C@@H]3O[C@@H](C)[C@H](O)[C@@H](O)[C@H]3O)[C@@H]2OC(=O)/C=C/c2ccc(O)c(OC)c2)ccc1O. The van der Waals surface area contributed by atoms with Crippen LogP contribution in [0.4, 0.5) is 0 Å². The topological polar surface area (TPSA) is 259 Å². The monoisotopic (exact) mass is 828 g/mol. The summed E-state index contributed by atoms with van der Waals surface area (Å²) in [4.78, 5) is 26.4. The number of methoxy groups -OCH3 is 3. The fourth-order valence-corrected chi connectivity index (χ4v) is 6.23. The molecule has 0 amide bonds. The third-order valence-corrected chi connectivity index (χ3v) is 9.50. The minimum Gasteiger partial charge on any atom is -0.504 e. The van der Waals surface area contributed by atoms with Crippen molar-refractivity contribution in [2.45, 2.75) is 74.8 Å². The predicted molar refractivity (Wildman–Crippen MR) is 204 cm³/mol. The van der Waals surface area contributed by atoms with Gasteiger partial charge in [0.25, 0.3) is 0 Å². The zero-order chi connectivity index (χ0) is 42.8. The molecule has 0 saturated carbocycles. The smallest absolute Gasteiger partial charge is 0.331 e. The van der Waals surface area contributed by atoms with Gasteiger partial charge in [-0.3, -0.25) is 0 Å². The van der Waals surface area contributed by atoms with E-state index in [4.69, 9.17) is 42.6 Å². The summed E-state index contributed by atoms with van der Waals surface area (Å²) in [5.74, 6) is -1.63. The molecule has 3 aromatic carbocycles. The Kier molecular flexibility index (Phi) is 15.5. The Bertz CT molecular complexity index is 1950. The van der Waals surface area contributed by atoms with Gasteiger partial charge < -0.3 is 78.4 Å². The van der Waals surface area contributed by atoms with Crippen LogP contribution < -0.4 is 14.2 Å². The molecular formula is C41H48O18. The number of esters is 2. The number of benzene rings is 3. The predicted octanol–water partition coefficient (Wildman–Crippen LogP) is 1.57. The van der Waals surface area contributed by atoms with E-state index in [0.717, 1.165) is 12.2 Å². The van der Waals surface area contributed by atoms with E-state index in [1.807, 2.05) is 0 Å². The first-order valence-corrected chi connectivity index (χ1v) is 18.4. The zero-order valence-corrected chi connectivity index (χ0v) is 32.5. The van der Waals surface area contributed by atoms with Crippen molar-refractivity contribution in [2.24, 2.45) is 0 Å². The van der Waals surface area contributed by atoms with Crippen LogP contribution in [0.2, 0.25) is 0 Å². The Balaban J connectivity index is 1.42. The van der Waals surface area contributed by atoms with Gasteiger partial charge in [0.05, 0.1) is 34.0 Å². The highest BCUT2D eigenvalue weighted by Gasteiger charge is 2.52. The van der Waals surface area contributed by atoms with E-state index < -0.39 is 80.0 Å². The largest absolute Gasteiger partial charge is 0.504 e. The minimum absolute atomic E-state index is 0.0736. The molecule has 0 radical (unpaired) electrons. The van der Waals surface area contributed by atoms with Gasteiger partial charge >= 0.3 is 11.9 Å². The Morgan fingerprint density at radius 2 is 1.22 bits per heavy atom. The lowest BCUT2D eigenvalue weighted by atomic mass is 9.97. The molecule has 2 aliphatic heterocycles. The number of phenolic OH excluding ortho intramolecular Hbond substituents is 3. The quantitative estimate of drug-likeness (QED) is 0.0799. The average Bonchev–Trinajstić information content (AvgIpc) is 3.23. The van der Waals surface area contributed by atoms with Gasteiger partial charge in [-0.1, -0.05) is 18.2 Å². The average molecular weight is 829 g/mol. The summed E-state index contributed by atoms with van der Waals surface area (Å²) in [6.07, 6.45) is -10.6. The summed E-state index contributed by atoms with van der Waals surface area (Å²) < 4.78 is 50.4. The molecule has 2 fully saturated rings. The number of aromatic hydroxyl groups is 3. The second-order valence-electron chi connectivity index (χ2n) is 13.5. The molecule has 5 rings (SSSR count). The maximum Gasteiger partial charge on any atom is 0.331 e. The van der Waals surface area contributed by atoms with Gasteiger partial charge in [-0.25, -0.2) is 9.59 Å². The molecule has 0 unspecified atom stereocenters. The standard InChI is InChI=1S/C41H48O18/c1-21-34(47)35(48)36(49)41(56-21)59-39-37(50)40(54-16-15-24-7-12-27(44)30(19-24)53-4)57-31(20-55-32(45)13-8-22-5-10-25(42)28(17-22)51-2)38(39)58-33(46)14-9-23-6-11-26(43)29(18-23)52-3/h5-14,17-19,21,31,34-44,47-50H,15-16,20H2,1-4H3/b13-8+,14-9+/t21-,31+,34-,35+,36+,37+,38+,39+,40+,41-/m0/s1. The Hall–Kier alpha value is -5.44. The second kappa shape index (κ2) is 20.5. The van der Waals surface area contributed by atoms with Gasteiger partial charge in [0.1, 0.15) is 43.2 Å². The third-order valence-electron chi connectivity index (χ3n) is 9.50. The van der Waals surface area contributed by atoms with Crippen LogP contribution in [0.25, 0.3) is 12.2 Å². The molecule has 2 aliphatic rings. The fraction of sp³-hybridized carbons (Fsp3) is 0.415. The van der Waals surface area contributed by atoms with Crippen molar-refractivity contribution < 1.29 is 88.0 Å². The Labute approximate surface area is 338 Å². The first-order chi connectivity index (χ1) is 28.2. The molecule has 59 heavy (non-hydrogen) atoms. The summed E-state index contributed by atoms with van der Waals surface area (Å²) in [5.41, 5.74) is 1.61. The number of hydrogen-bond donors (Lipinski definition) is 7. The number of hydrogen-bond acceptors (Lipinski definition) is 18. The van der Waals surface area contributed by atoms with E-state index in [1.54, 1.807) is 12.1 Å².